The van der Waals surface area contributed by atoms with Gasteiger partial charge in [0.15, 0.2) is 18.9 Å². The summed E-state index contributed by atoms with van der Waals surface area (Å²) in [5.74, 6) is -1.31. The Hall–Kier alpha value is -1.62. The largest absolute Gasteiger partial charge is 0.394 e. The van der Waals surface area contributed by atoms with Crippen molar-refractivity contribution in [2.24, 2.45) is 0 Å². The number of ether oxygens (including phenoxy) is 5. The zero-order valence-electron chi connectivity index (χ0n) is 21.7. The van der Waals surface area contributed by atoms with Crippen LogP contribution in [0.25, 0.3) is 0 Å². The fraction of sp³-hybridized carbons (Fsp3) is 0.909. The first-order valence-corrected chi connectivity index (χ1v) is 12.6. The lowest BCUT2D eigenvalue weighted by atomic mass is 9.94. The van der Waals surface area contributed by atoms with Crippen LogP contribution in [-0.4, -0.2) is 170 Å². The van der Waals surface area contributed by atoms with Crippen LogP contribution in [0.1, 0.15) is 13.8 Å². The van der Waals surface area contributed by atoms with Crippen molar-refractivity contribution in [3.8, 4) is 0 Å². The number of amides is 2. The van der Waals surface area contributed by atoms with E-state index in [9.17, 15) is 55.5 Å². The van der Waals surface area contributed by atoms with Gasteiger partial charge >= 0.3 is 0 Å². The minimum absolute atomic E-state index is 0.650. The molecule has 0 aromatic carbocycles. The minimum Gasteiger partial charge on any atom is -0.394 e. The Balaban J connectivity index is 1.88. The minimum atomic E-state index is -1.94. The van der Waals surface area contributed by atoms with Crippen molar-refractivity contribution in [1.82, 2.24) is 10.6 Å². The van der Waals surface area contributed by atoms with Gasteiger partial charge in [0.1, 0.15) is 73.1 Å². The maximum Gasteiger partial charge on any atom is 0.217 e. The first-order chi connectivity index (χ1) is 18.8. The van der Waals surface area contributed by atoms with Gasteiger partial charge in [0.2, 0.25) is 11.8 Å². The summed E-state index contributed by atoms with van der Waals surface area (Å²) in [5, 5.41) is 97.2. The summed E-state index contributed by atoms with van der Waals surface area (Å²) in [5.41, 5.74) is 0. The molecule has 0 spiro atoms. The normalized spacial score (nSPS) is 46.0. The van der Waals surface area contributed by atoms with E-state index in [4.69, 9.17) is 23.7 Å². The molecule has 3 aliphatic heterocycles. The topological polar surface area (TPSA) is 286 Å². The molecule has 0 bridgehead atoms. The molecule has 0 aromatic rings. The second-order valence-corrected chi connectivity index (χ2v) is 9.81. The smallest absolute Gasteiger partial charge is 0.217 e. The van der Waals surface area contributed by atoms with Crippen LogP contribution in [0.4, 0.5) is 0 Å². The van der Waals surface area contributed by atoms with E-state index in [0.717, 1.165) is 13.8 Å². The monoisotopic (exact) mass is 586 g/mol. The molecule has 0 aromatic heterocycles. The highest BCUT2D eigenvalue weighted by Gasteiger charge is 2.54. The molecule has 40 heavy (non-hydrogen) atoms. The highest BCUT2D eigenvalue weighted by Crippen LogP contribution is 2.32. The van der Waals surface area contributed by atoms with E-state index < -0.39 is 124 Å². The fourth-order valence-corrected chi connectivity index (χ4v) is 4.86. The van der Waals surface area contributed by atoms with Gasteiger partial charge in [-0.15, -0.1) is 0 Å². The summed E-state index contributed by atoms with van der Waals surface area (Å²) in [6, 6.07) is -2.86. The molecule has 11 N–H and O–H groups in total. The summed E-state index contributed by atoms with van der Waals surface area (Å²) < 4.78 is 27.5. The Labute approximate surface area is 228 Å². The van der Waals surface area contributed by atoms with Crippen molar-refractivity contribution in [1.29, 1.82) is 0 Å². The quantitative estimate of drug-likeness (QED) is 0.120. The van der Waals surface area contributed by atoms with Crippen molar-refractivity contribution in [2.45, 2.75) is 106 Å². The number of carbonyl (C=O) groups is 2. The Morgan fingerprint density at radius 1 is 0.600 bits per heavy atom. The van der Waals surface area contributed by atoms with Crippen molar-refractivity contribution >= 4 is 11.8 Å². The van der Waals surface area contributed by atoms with Crippen molar-refractivity contribution in [3.63, 3.8) is 0 Å². The van der Waals surface area contributed by atoms with Gasteiger partial charge in [-0.25, -0.2) is 0 Å². The lowest BCUT2D eigenvalue weighted by Crippen LogP contribution is -2.69. The molecule has 0 aliphatic carbocycles. The summed E-state index contributed by atoms with van der Waals surface area (Å²) in [4.78, 5) is 23.4. The van der Waals surface area contributed by atoms with Gasteiger partial charge in [-0.3, -0.25) is 9.59 Å². The molecular formula is C22H38N2O16. The number of rotatable bonds is 9. The van der Waals surface area contributed by atoms with E-state index in [-0.39, 0.29) is 0 Å². The van der Waals surface area contributed by atoms with Crippen LogP contribution in [0.2, 0.25) is 0 Å². The summed E-state index contributed by atoms with van der Waals surface area (Å²) in [7, 11) is 0. The van der Waals surface area contributed by atoms with Crippen molar-refractivity contribution in [3.05, 3.63) is 0 Å². The third-order valence-corrected chi connectivity index (χ3v) is 6.90. The second kappa shape index (κ2) is 14.0. The van der Waals surface area contributed by atoms with E-state index in [0.29, 0.717) is 0 Å². The van der Waals surface area contributed by atoms with Crippen LogP contribution >= 0.6 is 0 Å². The fourth-order valence-electron chi connectivity index (χ4n) is 4.86. The molecule has 18 nitrogen and oxygen atoms in total. The van der Waals surface area contributed by atoms with E-state index >= 15 is 0 Å². The number of nitrogens with one attached hydrogen (secondary N) is 2. The molecule has 0 saturated carbocycles. The van der Waals surface area contributed by atoms with Gasteiger partial charge in [-0.1, -0.05) is 0 Å². The molecule has 3 aliphatic rings. The first kappa shape index (κ1) is 32.9. The molecule has 0 unspecified atom stereocenters. The highest BCUT2D eigenvalue weighted by molar-refractivity contribution is 5.73. The van der Waals surface area contributed by atoms with Crippen molar-refractivity contribution < 1.29 is 79.2 Å². The van der Waals surface area contributed by atoms with Gasteiger partial charge in [0.05, 0.1) is 19.8 Å². The molecule has 3 rings (SSSR count). The van der Waals surface area contributed by atoms with Crippen LogP contribution in [0.5, 0.6) is 0 Å². The van der Waals surface area contributed by atoms with Gasteiger partial charge in [-0.2, -0.15) is 0 Å². The maximum atomic E-state index is 11.7. The van der Waals surface area contributed by atoms with E-state index in [1.54, 1.807) is 0 Å². The highest BCUT2D eigenvalue weighted by atomic mass is 16.7. The third-order valence-electron chi connectivity index (χ3n) is 6.90. The Morgan fingerprint density at radius 3 is 1.60 bits per heavy atom. The Morgan fingerprint density at radius 2 is 1.05 bits per heavy atom. The summed E-state index contributed by atoms with van der Waals surface area (Å²) in [6.45, 7) is -0.135. The van der Waals surface area contributed by atoms with Gasteiger partial charge in [-0.05, 0) is 0 Å². The van der Waals surface area contributed by atoms with Gasteiger partial charge in [0, 0.05) is 13.8 Å². The maximum absolute atomic E-state index is 11.7. The van der Waals surface area contributed by atoms with E-state index in [1.807, 2.05) is 0 Å². The lowest BCUT2D eigenvalue weighted by molar-refractivity contribution is -0.365. The number of carbonyl (C=O) groups excluding carboxylic acids is 2. The van der Waals surface area contributed by atoms with Gasteiger partial charge in [0.25, 0.3) is 0 Å². The Kier molecular flexibility index (Phi) is 11.5. The molecule has 2 amide bonds. The molecule has 232 valence electrons. The zero-order chi connectivity index (χ0) is 29.9. The predicted octanol–water partition coefficient (Wildman–Crippen LogP) is -7.29. The van der Waals surface area contributed by atoms with Crippen molar-refractivity contribution in [2.75, 3.05) is 19.8 Å². The van der Waals surface area contributed by atoms with Crippen LogP contribution in [0.15, 0.2) is 0 Å². The van der Waals surface area contributed by atoms with Crippen LogP contribution < -0.4 is 10.6 Å². The molecule has 3 saturated heterocycles. The molecule has 3 fully saturated rings. The predicted molar refractivity (Wildman–Crippen MR) is 124 cm³/mol. The van der Waals surface area contributed by atoms with Crippen LogP contribution in [0, 0.1) is 0 Å². The molecule has 0 radical (unpaired) electrons. The van der Waals surface area contributed by atoms with E-state index in [1.165, 1.54) is 0 Å². The number of hydrogen-bond acceptors (Lipinski definition) is 16. The summed E-state index contributed by atoms with van der Waals surface area (Å²) in [6.07, 6.45) is -21.5. The Bertz CT molecular complexity index is 854. The molecule has 15 atom stereocenters. The first-order valence-electron chi connectivity index (χ1n) is 12.6. The van der Waals surface area contributed by atoms with Crippen LogP contribution in [-0.2, 0) is 33.3 Å². The number of aliphatic hydroxyl groups is 9. The summed E-state index contributed by atoms with van der Waals surface area (Å²) >= 11 is 0. The lowest BCUT2D eigenvalue weighted by Gasteiger charge is -2.49. The van der Waals surface area contributed by atoms with Crippen LogP contribution in [0.3, 0.4) is 0 Å². The average molecular weight is 587 g/mol. The zero-order valence-corrected chi connectivity index (χ0v) is 21.7. The number of aliphatic hydroxyl groups excluding tert-OH is 9. The number of hydrogen-bond donors (Lipinski definition) is 11. The average Bonchev–Trinajstić information content (AvgIpc) is 2.90. The van der Waals surface area contributed by atoms with Gasteiger partial charge < -0.3 is 80.3 Å². The molecule has 3 heterocycles. The standard InChI is InChI=1S/C22H38N2O16/c1-6(28)23-11-16(33)13(30)8(3-25)37-21(11)40-19-15(32)10(5-27)38-22(17(19)34)39-18-12(24-7(2)29)20(35)36-9(4-26)14(18)31/h8-22,25-27,30-35H,3-5H2,1-2H3,(H,23,28)(H,24,29)/t8-,9-,10-,11-,12-,13+,14-,15+,16-,17-,18-,19+,20-,21-,22+/m1/s1. The molecular weight excluding hydrogens is 548 g/mol. The van der Waals surface area contributed by atoms with E-state index in [2.05, 4.69) is 10.6 Å². The molecule has 18 heteroatoms. The SMILES string of the molecule is CC(=O)N[C@@H]1[C@@H](O[C@@H]2O[C@H](CO)[C@H](O)[C@H](O[C@H]3O[C@H](CO)[C@H](O)[C@H](O)[C@H]3NC(C)=O)[C@H]2O)[C@H](O)[C@@H](CO)O[C@H]1O. The second-order valence-electron chi connectivity index (χ2n) is 9.81. The third kappa shape index (κ3) is 7.05.